The first-order chi connectivity index (χ1) is 23.5. The molecule has 0 radical (unpaired) electrons. The fraction of sp³-hybridized carbons (Fsp3) is 0.400. The van der Waals surface area contributed by atoms with Crippen molar-refractivity contribution in [3.05, 3.63) is 121 Å². The number of furan rings is 1. The molecule has 4 aliphatic carbocycles. The molecule has 2 spiro atoms. The Morgan fingerprint density at radius 1 is 0.729 bits per heavy atom. The van der Waals surface area contributed by atoms with Crippen molar-refractivity contribution in [3.8, 4) is 22.5 Å². The Labute approximate surface area is 284 Å². The molecule has 2 aromatic carbocycles. The Morgan fingerprint density at radius 2 is 1.33 bits per heavy atom. The summed E-state index contributed by atoms with van der Waals surface area (Å²) in [5.41, 5.74) is 7.71. The van der Waals surface area contributed by atoms with E-state index in [2.05, 4.69) is 41.4 Å². The molecule has 9 rings (SSSR count). The minimum atomic E-state index is -0.201. The van der Waals surface area contributed by atoms with Gasteiger partial charge in [0, 0.05) is 22.0 Å². The lowest BCUT2D eigenvalue weighted by atomic mass is 9.62. The third-order valence-corrected chi connectivity index (χ3v) is 12.6. The first kappa shape index (κ1) is 29.9. The smallest absolute Gasteiger partial charge is 0.258 e. The fourth-order valence-corrected chi connectivity index (χ4v) is 10.3. The van der Waals surface area contributed by atoms with Gasteiger partial charge in [-0.1, -0.05) is 98.8 Å². The van der Waals surface area contributed by atoms with E-state index >= 15 is 0 Å². The van der Waals surface area contributed by atoms with Gasteiger partial charge in [0.1, 0.15) is 11.6 Å². The summed E-state index contributed by atoms with van der Waals surface area (Å²) in [6.07, 6.45) is 14.4. The van der Waals surface area contributed by atoms with Crippen LogP contribution in [-0.4, -0.2) is 19.5 Å². The van der Waals surface area contributed by atoms with E-state index in [0.717, 1.165) is 97.8 Å². The molecule has 0 amide bonds. The summed E-state index contributed by atoms with van der Waals surface area (Å²) in [6.45, 7) is 0.302. The molecule has 0 atom stereocenters. The van der Waals surface area contributed by atoms with Crippen molar-refractivity contribution >= 4 is 11.8 Å². The maximum Gasteiger partial charge on any atom is 0.258 e. The van der Waals surface area contributed by atoms with Crippen molar-refractivity contribution in [2.75, 3.05) is 0 Å². The van der Waals surface area contributed by atoms with Crippen LogP contribution in [-0.2, 0) is 36.0 Å². The van der Waals surface area contributed by atoms with Crippen molar-refractivity contribution in [2.45, 2.75) is 105 Å². The maximum absolute atomic E-state index is 14.8. The summed E-state index contributed by atoms with van der Waals surface area (Å²) in [7, 11) is 0. The fourth-order valence-electron chi connectivity index (χ4n) is 9.45. The molecule has 244 valence electrons. The van der Waals surface area contributed by atoms with E-state index in [9.17, 15) is 9.59 Å². The number of H-pyrrole nitrogens is 1. The van der Waals surface area contributed by atoms with Crippen LogP contribution in [0, 0.1) is 0 Å². The van der Waals surface area contributed by atoms with Gasteiger partial charge < -0.3 is 9.40 Å². The predicted octanol–water partition coefficient (Wildman–Crippen LogP) is 8.11. The van der Waals surface area contributed by atoms with Gasteiger partial charge in [-0.25, -0.2) is 9.97 Å². The van der Waals surface area contributed by atoms with Crippen LogP contribution in [0.15, 0.2) is 86.1 Å². The van der Waals surface area contributed by atoms with Crippen LogP contribution in [0.2, 0.25) is 0 Å². The molecule has 0 bridgehead atoms. The maximum atomic E-state index is 14.8. The summed E-state index contributed by atoms with van der Waals surface area (Å²) < 4.78 is 7.56. The number of nitrogens with zero attached hydrogens (tertiary/aromatic N) is 3. The van der Waals surface area contributed by atoms with Gasteiger partial charge in [-0.2, -0.15) is 0 Å². The monoisotopic (exact) mass is 656 g/mol. The van der Waals surface area contributed by atoms with E-state index in [1.165, 1.54) is 35.7 Å². The molecule has 48 heavy (non-hydrogen) atoms. The van der Waals surface area contributed by atoms with Gasteiger partial charge in [-0.3, -0.25) is 14.2 Å². The summed E-state index contributed by atoms with van der Waals surface area (Å²) in [6, 6.07) is 20.7. The van der Waals surface area contributed by atoms with Gasteiger partial charge >= 0.3 is 0 Å². The zero-order valence-corrected chi connectivity index (χ0v) is 28.0. The van der Waals surface area contributed by atoms with Crippen LogP contribution in [0.3, 0.4) is 0 Å². The molecule has 3 heterocycles. The van der Waals surface area contributed by atoms with Gasteiger partial charge in [0.15, 0.2) is 5.16 Å². The molecule has 4 aliphatic rings. The molecule has 0 unspecified atom stereocenters. The normalized spacial score (nSPS) is 18.6. The van der Waals surface area contributed by atoms with Crippen molar-refractivity contribution < 1.29 is 4.42 Å². The molecular formula is C40H40N4O3S. The van der Waals surface area contributed by atoms with Gasteiger partial charge in [0.05, 0.1) is 41.1 Å². The lowest BCUT2D eigenvalue weighted by Crippen LogP contribution is -2.43. The lowest BCUT2D eigenvalue weighted by Gasteiger charge is -2.42. The quantitative estimate of drug-likeness (QED) is 0.152. The highest BCUT2D eigenvalue weighted by Gasteiger charge is 2.44. The van der Waals surface area contributed by atoms with E-state index in [0.29, 0.717) is 29.0 Å². The van der Waals surface area contributed by atoms with E-state index in [1.807, 2.05) is 24.3 Å². The number of fused-ring (bicyclic) bond motifs is 8. The summed E-state index contributed by atoms with van der Waals surface area (Å²) in [5.74, 6) is 1.70. The van der Waals surface area contributed by atoms with E-state index in [4.69, 9.17) is 14.4 Å². The Balaban J connectivity index is 1.16. The van der Waals surface area contributed by atoms with Crippen molar-refractivity contribution in [1.29, 1.82) is 0 Å². The number of nitrogens with one attached hydrogen (secondary N) is 1. The van der Waals surface area contributed by atoms with Crippen LogP contribution in [0.4, 0.5) is 0 Å². The van der Waals surface area contributed by atoms with Crippen LogP contribution in [0.1, 0.15) is 98.0 Å². The number of aromatic nitrogens is 4. The SMILES string of the molecule is O=c1[nH]c(CSc2nc3c(c(=O)n2Cc2ccco2)C2(CCCCC2)Cc2ccccc2-3)nc2c1C1(CCCCC1)Cc1ccccc1-2. The number of thioether (sulfide) groups is 1. The van der Waals surface area contributed by atoms with Gasteiger partial charge in [-0.15, -0.1) is 0 Å². The third kappa shape index (κ3) is 4.86. The highest BCUT2D eigenvalue weighted by molar-refractivity contribution is 7.98. The first-order valence-corrected chi connectivity index (χ1v) is 18.6. The second-order valence-corrected chi connectivity index (χ2v) is 15.4. The van der Waals surface area contributed by atoms with Gasteiger partial charge in [0.2, 0.25) is 0 Å². The molecule has 0 aliphatic heterocycles. The third-order valence-electron chi connectivity index (χ3n) is 11.6. The number of rotatable bonds is 5. The molecule has 2 fully saturated rings. The number of hydrogen-bond acceptors (Lipinski definition) is 6. The van der Waals surface area contributed by atoms with Crippen molar-refractivity contribution in [3.63, 3.8) is 0 Å². The number of aromatic amines is 1. The molecule has 0 saturated heterocycles. The highest BCUT2D eigenvalue weighted by Crippen LogP contribution is 2.50. The number of hydrogen-bond donors (Lipinski definition) is 1. The van der Waals surface area contributed by atoms with E-state index in [1.54, 1.807) is 10.8 Å². The average molecular weight is 657 g/mol. The minimum absolute atomic E-state index is 0.0217. The average Bonchev–Trinajstić information content (AvgIpc) is 3.62. The topological polar surface area (TPSA) is 93.8 Å². The first-order valence-electron chi connectivity index (χ1n) is 17.6. The zero-order chi connectivity index (χ0) is 32.3. The molecule has 3 aromatic heterocycles. The molecular weight excluding hydrogens is 617 g/mol. The zero-order valence-electron chi connectivity index (χ0n) is 27.2. The standard InChI is InChI=1S/C40H40N4O3S/c45-36-32-34(29-15-5-3-12-26(29)22-39(32)17-7-1-8-18-39)41-31(42-36)25-48-38-43-35-30-16-6-4-13-27(30)23-40(19-9-2-10-20-40)33(35)37(46)44(38)24-28-14-11-21-47-28/h3-6,11-16,21H,1-2,7-10,17-20,22-25H2,(H,41,42,45). The molecule has 2 saturated carbocycles. The Kier molecular flexibility index (Phi) is 7.33. The molecule has 8 heteroatoms. The van der Waals surface area contributed by atoms with E-state index in [-0.39, 0.29) is 21.9 Å². The molecule has 5 aromatic rings. The van der Waals surface area contributed by atoms with Crippen molar-refractivity contribution in [2.24, 2.45) is 0 Å². The summed E-state index contributed by atoms with van der Waals surface area (Å²) >= 11 is 1.46. The Morgan fingerprint density at radius 3 is 1.96 bits per heavy atom. The predicted molar refractivity (Wildman–Crippen MR) is 189 cm³/mol. The van der Waals surface area contributed by atoms with Crippen LogP contribution in [0.25, 0.3) is 22.5 Å². The van der Waals surface area contributed by atoms with Crippen LogP contribution in [0.5, 0.6) is 0 Å². The number of benzene rings is 2. The Hall–Kier alpha value is -4.17. The summed E-state index contributed by atoms with van der Waals surface area (Å²) in [4.78, 5) is 42.5. The summed E-state index contributed by atoms with van der Waals surface area (Å²) in [5, 5.41) is 0.613. The van der Waals surface area contributed by atoms with Gasteiger partial charge in [0.25, 0.3) is 11.1 Å². The van der Waals surface area contributed by atoms with Crippen molar-refractivity contribution in [1.82, 2.24) is 19.5 Å². The molecule has 7 nitrogen and oxygen atoms in total. The second-order valence-electron chi connectivity index (χ2n) is 14.5. The Bertz CT molecular complexity index is 2130. The van der Waals surface area contributed by atoms with Crippen LogP contribution >= 0.6 is 11.8 Å². The largest absolute Gasteiger partial charge is 0.467 e. The molecule has 1 N–H and O–H groups in total. The van der Waals surface area contributed by atoms with E-state index < -0.39 is 0 Å². The highest BCUT2D eigenvalue weighted by atomic mass is 32.2. The van der Waals surface area contributed by atoms with Gasteiger partial charge in [-0.05, 0) is 61.8 Å². The lowest BCUT2D eigenvalue weighted by molar-refractivity contribution is 0.282. The minimum Gasteiger partial charge on any atom is -0.467 e. The van der Waals surface area contributed by atoms with Crippen LogP contribution < -0.4 is 11.1 Å². The second kappa shape index (κ2) is 11.8.